The van der Waals surface area contributed by atoms with E-state index in [0.717, 1.165) is 0 Å². The van der Waals surface area contributed by atoms with E-state index in [-0.39, 0.29) is 23.8 Å². The number of carbonyl (C=O) groups excluding carboxylic acids is 3. The van der Waals surface area contributed by atoms with Crippen LogP contribution in [0.1, 0.15) is 0 Å². The number of anilines is 1. The predicted molar refractivity (Wildman–Crippen MR) is 75.1 cm³/mol. The molecule has 5 heteroatoms. The van der Waals surface area contributed by atoms with Crippen LogP contribution in [0.4, 0.5) is 5.69 Å². The van der Waals surface area contributed by atoms with Crippen molar-refractivity contribution in [2.45, 2.75) is 6.04 Å². The van der Waals surface area contributed by atoms with E-state index in [4.69, 9.17) is 0 Å². The second-order valence-corrected chi connectivity index (χ2v) is 5.75. The van der Waals surface area contributed by atoms with Gasteiger partial charge >= 0.3 is 0 Å². The Bertz CT molecular complexity index is 682. The second-order valence-electron chi connectivity index (χ2n) is 5.75. The number of rotatable bonds is 1. The summed E-state index contributed by atoms with van der Waals surface area (Å²) in [5.74, 6) is -2.02. The van der Waals surface area contributed by atoms with E-state index >= 15 is 0 Å². The van der Waals surface area contributed by atoms with Crippen LogP contribution < -0.4 is 4.90 Å². The number of carbonyl (C=O) groups is 3. The maximum Gasteiger partial charge on any atom is 0.240 e. The zero-order valence-corrected chi connectivity index (χ0v) is 11.5. The quantitative estimate of drug-likeness (QED) is 0.566. The summed E-state index contributed by atoms with van der Waals surface area (Å²) in [5, 5.41) is 0. The first kappa shape index (κ1) is 12.3. The van der Waals surface area contributed by atoms with Crippen LogP contribution in [0.25, 0.3) is 0 Å². The highest BCUT2D eigenvalue weighted by Crippen LogP contribution is 2.46. The lowest BCUT2D eigenvalue weighted by Crippen LogP contribution is -2.57. The Hall–Kier alpha value is -2.43. The van der Waals surface area contributed by atoms with Gasteiger partial charge < -0.3 is 4.90 Å². The maximum absolute atomic E-state index is 12.7. The molecule has 0 radical (unpaired) electrons. The van der Waals surface area contributed by atoms with Crippen molar-refractivity contribution in [3.05, 3.63) is 42.5 Å². The molecule has 0 aromatic heterocycles. The van der Waals surface area contributed by atoms with E-state index in [1.165, 1.54) is 4.90 Å². The van der Waals surface area contributed by atoms with Crippen LogP contribution in [0.2, 0.25) is 0 Å². The minimum atomic E-state index is -0.545. The number of amides is 3. The second kappa shape index (κ2) is 4.04. The van der Waals surface area contributed by atoms with E-state index in [9.17, 15) is 14.4 Å². The number of fused-ring (bicyclic) bond motifs is 1. The molecule has 2 bridgehead atoms. The number of hydrogen-bond donors (Lipinski definition) is 0. The number of hydrogen-bond acceptors (Lipinski definition) is 3. The van der Waals surface area contributed by atoms with Gasteiger partial charge in [0, 0.05) is 7.05 Å². The van der Waals surface area contributed by atoms with Gasteiger partial charge in [0.05, 0.1) is 29.5 Å². The van der Waals surface area contributed by atoms with Gasteiger partial charge in [-0.05, 0) is 12.1 Å². The Morgan fingerprint density at radius 1 is 0.857 bits per heavy atom. The Labute approximate surface area is 121 Å². The van der Waals surface area contributed by atoms with Gasteiger partial charge in [-0.3, -0.25) is 14.4 Å². The lowest BCUT2D eigenvalue weighted by atomic mass is 9.70. The lowest BCUT2D eigenvalue weighted by molar-refractivity contribution is -0.148. The Morgan fingerprint density at radius 3 is 2.24 bits per heavy atom. The maximum atomic E-state index is 12.7. The number of imide groups is 1. The smallest absolute Gasteiger partial charge is 0.240 e. The first-order valence-electron chi connectivity index (χ1n) is 6.99. The van der Waals surface area contributed by atoms with Crippen LogP contribution >= 0.6 is 0 Å². The van der Waals surface area contributed by atoms with Gasteiger partial charge in [-0.15, -0.1) is 0 Å². The van der Waals surface area contributed by atoms with E-state index < -0.39 is 17.8 Å². The van der Waals surface area contributed by atoms with Gasteiger partial charge in [0.1, 0.15) is 0 Å². The van der Waals surface area contributed by atoms with Crippen LogP contribution in [-0.4, -0.2) is 35.7 Å². The van der Waals surface area contributed by atoms with E-state index in [2.05, 4.69) is 0 Å². The summed E-state index contributed by atoms with van der Waals surface area (Å²) in [5.41, 5.74) is 0.580. The molecule has 1 aromatic carbocycles. The van der Waals surface area contributed by atoms with E-state index in [1.807, 2.05) is 12.1 Å². The zero-order chi connectivity index (χ0) is 14.7. The molecule has 3 aliphatic heterocycles. The molecule has 0 saturated carbocycles. The summed E-state index contributed by atoms with van der Waals surface area (Å²) in [4.78, 5) is 40.5. The monoisotopic (exact) mass is 282 g/mol. The molecule has 2 fully saturated rings. The number of nitrogens with zero attached hydrogens (tertiary/aromatic N) is 2. The van der Waals surface area contributed by atoms with Crippen LogP contribution in [0.15, 0.2) is 42.5 Å². The van der Waals surface area contributed by atoms with Crippen molar-refractivity contribution in [2.75, 3.05) is 11.9 Å². The number of likely N-dealkylation sites (N-methyl/N-ethyl adjacent to an activating group) is 1. The minimum absolute atomic E-state index is 0.0696. The first-order valence-corrected chi connectivity index (χ1v) is 6.99. The topological polar surface area (TPSA) is 57.7 Å². The van der Waals surface area contributed by atoms with Gasteiger partial charge in [0.2, 0.25) is 17.7 Å². The Balaban J connectivity index is 1.80. The largest absolute Gasteiger partial charge is 0.338 e. The molecule has 21 heavy (non-hydrogen) atoms. The van der Waals surface area contributed by atoms with Gasteiger partial charge in [0.25, 0.3) is 0 Å². The van der Waals surface area contributed by atoms with E-state index in [0.29, 0.717) is 5.69 Å². The van der Waals surface area contributed by atoms with Crippen molar-refractivity contribution in [2.24, 2.45) is 17.8 Å². The SMILES string of the molecule is CN1C(=O)[C@H]2C=C[C@H]1[C@@H]1C(=O)N(c3ccccc3)C(=O)[C@@H]12. The standard InChI is InChI=1S/C16H14N2O3/c1-17-11-8-7-10(14(17)19)12-13(11)16(21)18(15(12)20)9-5-3-2-4-6-9/h2-8,10-13H,1H3/t10-,11-,12+,13-/m0/s1. The third-order valence-electron chi connectivity index (χ3n) is 4.76. The molecule has 1 aliphatic carbocycles. The summed E-state index contributed by atoms with van der Waals surface area (Å²) < 4.78 is 0. The Morgan fingerprint density at radius 2 is 1.52 bits per heavy atom. The fraction of sp³-hybridized carbons (Fsp3) is 0.312. The molecule has 0 spiro atoms. The fourth-order valence-electron chi connectivity index (χ4n) is 3.74. The van der Waals surface area contributed by atoms with Gasteiger partial charge in [-0.2, -0.15) is 0 Å². The summed E-state index contributed by atoms with van der Waals surface area (Å²) in [7, 11) is 1.70. The summed E-state index contributed by atoms with van der Waals surface area (Å²) in [6.45, 7) is 0. The summed E-state index contributed by atoms with van der Waals surface area (Å²) in [6, 6.07) is 8.61. The van der Waals surface area contributed by atoms with Gasteiger partial charge in [-0.1, -0.05) is 30.4 Å². The molecule has 0 unspecified atom stereocenters. The molecular weight excluding hydrogens is 268 g/mol. The molecule has 5 nitrogen and oxygen atoms in total. The first-order chi connectivity index (χ1) is 10.1. The number of benzene rings is 1. The molecule has 106 valence electrons. The molecule has 1 aromatic rings. The summed E-state index contributed by atoms with van der Waals surface area (Å²) in [6.07, 6.45) is 3.67. The van der Waals surface area contributed by atoms with Crippen LogP contribution in [-0.2, 0) is 14.4 Å². The lowest BCUT2D eigenvalue weighted by Gasteiger charge is -2.44. The molecule has 2 saturated heterocycles. The van der Waals surface area contributed by atoms with Crippen molar-refractivity contribution < 1.29 is 14.4 Å². The Kier molecular flexibility index (Phi) is 2.37. The van der Waals surface area contributed by atoms with Crippen molar-refractivity contribution >= 4 is 23.4 Å². The third kappa shape index (κ3) is 1.43. The summed E-state index contributed by atoms with van der Waals surface area (Å²) >= 11 is 0. The zero-order valence-electron chi connectivity index (χ0n) is 11.5. The third-order valence-corrected chi connectivity index (χ3v) is 4.76. The van der Waals surface area contributed by atoms with Gasteiger partial charge in [0.15, 0.2) is 0 Å². The predicted octanol–water partition coefficient (Wildman–Crippen LogP) is 0.819. The molecule has 3 heterocycles. The van der Waals surface area contributed by atoms with E-state index in [1.54, 1.807) is 42.3 Å². The van der Waals surface area contributed by atoms with Crippen molar-refractivity contribution in [1.82, 2.24) is 4.90 Å². The molecule has 3 amide bonds. The molecule has 4 aliphatic rings. The highest BCUT2D eigenvalue weighted by molar-refractivity contribution is 6.24. The van der Waals surface area contributed by atoms with Gasteiger partial charge in [-0.25, -0.2) is 4.90 Å². The van der Waals surface area contributed by atoms with Crippen LogP contribution in [0.3, 0.4) is 0 Å². The molecular formula is C16H14N2O3. The number of piperidine rings is 1. The molecule has 5 rings (SSSR count). The average molecular weight is 282 g/mol. The fourth-order valence-corrected chi connectivity index (χ4v) is 3.74. The van der Waals surface area contributed by atoms with Crippen molar-refractivity contribution in [3.63, 3.8) is 0 Å². The molecule has 0 N–H and O–H groups in total. The average Bonchev–Trinajstić information content (AvgIpc) is 2.78. The highest BCUT2D eigenvalue weighted by atomic mass is 16.2. The van der Waals surface area contributed by atoms with Crippen LogP contribution in [0, 0.1) is 17.8 Å². The van der Waals surface area contributed by atoms with Crippen molar-refractivity contribution in [1.29, 1.82) is 0 Å². The van der Waals surface area contributed by atoms with Crippen LogP contribution in [0.5, 0.6) is 0 Å². The number of para-hydroxylation sites is 1. The van der Waals surface area contributed by atoms with Crippen molar-refractivity contribution in [3.8, 4) is 0 Å². The highest BCUT2D eigenvalue weighted by Gasteiger charge is 2.61. The minimum Gasteiger partial charge on any atom is -0.338 e. The molecule has 4 atom stereocenters. The normalized spacial score (nSPS) is 33.9.